The van der Waals surface area contributed by atoms with E-state index in [9.17, 15) is 9.90 Å². The van der Waals surface area contributed by atoms with Crippen molar-refractivity contribution in [3.05, 3.63) is 70.9 Å². The number of hydrogen-bond acceptors (Lipinski definition) is 6. The standard InChI is InChI=1S/C25H28ClN5O2/c1-17-14-30(2)16-24(33)31(17)15-19-4-3-5-20(12-19)22-9-11-28-25(29-22)27-10-8-18-6-7-23(32)21(26)13-18/h3-7,9,11-13,17,32H,8,10,14-16H2,1-2H3,(H,27,28,29)/t17-/m0/s1. The highest BCUT2D eigenvalue weighted by atomic mass is 35.5. The number of phenolic OH excluding ortho intramolecular Hbond substituents is 1. The minimum atomic E-state index is 0.0816. The highest BCUT2D eigenvalue weighted by Crippen LogP contribution is 2.24. The van der Waals surface area contributed by atoms with Crippen LogP contribution in [0.5, 0.6) is 5.75 Å². The van der Waals surface area contributed by atoms with Crippen molar-refractivity contribution in [1.82, 2.24) is 19.8 Å². The number of carbonyl (C=O) groups excluding carboxylic acids is 1. The lowest BCUT2D eigenvalue weighted by Gasteiger charge is -2.38. The van der Waals surface area contributed by atoms with Crippen LogP contribution in [0.4, 0.5) is 5.95 Å². The predicted octanol–water partition coefficient (Wildman–Crippen LogP) is 3.82. The van der Waals surface area contributed by atoms with Crippen LogP contribution in [0.15, 0.2) is 54.7 Å². The van der Waals surface area contributed by atoms with Gasteiger partial charge in [-0.05, 0) is 55.8 Å². The van der Waals surface area contributed by atoms with Gasteiger partial charge in [0.05, 0.1) is 17.3 Å². The lowest BCUT2D eigenvalue weighted by atomic mass is 10.1. The highest BCUT2D eigenvalue weighted by molar-refractivity contribution is 6.32. The fourth-order valence-corrected chi connectivity index (χ4v) is 4.28. The smallest absolute Gasteiger partial charge is 0.237 e. The summed E-state index contributed by atoms with van der Waals surface area (Å²) in [4.78, 5) is 25.5. The van der Waals surface area contributed by atoms with Gasteiger partial charge in [-0.3, -0.25) is 9.69 Å². The first kappa shape index (κ1) is 23.0. The summed E-state index contributed by atoms with van der Waals surface area (Å²) in [5.74, 6) is 0.786. The summed E-state index contributed by atoms with van der Waals surface area (Å²) < 4.78 is 0. The van der Waals surface area contributed by atoms with E-state index in [1.165, 1.54) is 0 Å². The van der Waals surface area contributed by atoms with E-state index in [4.69, 9.17) is 11.6 Å². The van der Waals surface area contributed by atoms with E-state index in [0.717, 1.165) is 35.3 Å². The highest BCUT2D eigenvalue weighted by Gasteiger charge is 2.27. The summed E-state index contributed by atoms with van der Waals surface area (Å²) in [6.07, 6.45) is 2.46. The summed E-state index contributed by atoms with van der Waals surface area (Å²) in [5.41, 5.74) is 3.90. The number of halogens is 1. The Morgan fingerprint density at radius 3 is 2.82 bits per heavy atom. The summed E-state index contributed by atoms with van der Waals surface area (Å²) in [6, 6.07) is 15.4. The van der Waals surface area contributed by atoms with E-state index in [0.29, 0.717) is 30.6 Å². The number of likely N-dealkylation sites (N-methyl/N-ethyl adjacent to an activating group) is 1. The predicted molar refractivity (Wildman–Crippen MR) is 130 cm³/mol. The van der Waals surface area contributed by atoms with Gasteiger partial charge in [-0.1, -0.05) is 35.9 Å². The molecule has 0 bridgehead atoms. The molecule has 8 heteroatoms. The van der Waals surface area contributed by atoms with Crippen LogP contribution in [-0.4, -0.2) is 63.5 Å². The van der Waals surface area contributed by atoms with Gasteiger partial charge in [0, 0.05) is 37.4 Å². The van der Waals surface area contributed by atoms with Gasteiger partial charge in [-0.25, -0.2) is 9.97 Å². The van der Waals surface area contributed by atoms with Gasteiger partial charge in [0.15, 0.2) is 0 Å². The Kier molecular flexibility index (Phi) is 7.11. The fourth-order valence-electron chi connectivity index (χ4n) is 4.08. The second-order valence-electron chi connectivity index (χ2n) is 8.50. The summed E-state index contributed by atoms with van der Waals surface area (Å²) in [6.45, 7) is 4.65. The lowest BCUT2D eigenvalue weighted by molar-refractivity contribution is -0.139. The van der Waals surface area contributed by atoms with Crippen molar-refractivity contribution in [3.63, 3.8) is 0 Å². The minimum absolute atomic E-state index is 0.0816. The SMILES string of the molecule is C[C@H]1CN(C)CC(=O)N1Cc1cccc(-c2ccnc(NCCc3ccc(O)c(Cl)c3)n2)c1. The van der Waals surface area contributed by atoms with Gasteiger partial charge < -0.3 is 15.3 Å². The third-order valence-corrected chi connectivity index (χ3v) is 6.08. The van der Waals surface area contributed by atoms with Gasteiger partial charge >= 0.3 is 0 Å². The zero-order chi connectivity index (χ0) is 23.4. The minimum Gasteiger partial charge on any atom is -0.506 e. The number of anilines is 1. The Bertz CT molecular complexity index is 1140. The Morgan fingerprint density at radius 2 is 2.03 bits per heavy atom. The average Bonchev–Trinajstić information content (AvgIpc) is 2.79. The summed E-state index contributed by atoms with van der Waals surface area (Å²) in [7, 11) is 1.98. The number of amides is 1. The molecule has 1 atom stereocenters. The van der Waals surface area contributed by atoms with Crippen molar-refractivity contribution in [2.75, 3.05) is 32.0 Å². The van der Waals surface area contributed by atoms with Crippen molar-refractivity contribution in [2.24, 2.45) is 0 Å². The van der Waals surface area contributed by atoms with Crippen LogP contribution in [0, 0.1) is 0 Å². The molecule has 4 rings (SSSR count). The van der Waals surface area contributed by atoms with E-state index < -0.39 is 0 Å². The van der Waals surface area contributed by atoms with Crippen molar-refractivity contribution in [2.45, 2.75) is 25.9 Å². The topological polar surface area (TPSA) is 81.6 Å². The Morgan fingerprint density at radius 1 is 1.18 bits per heavy atom. The number of piperazine rings is 1. The molecule has 1 fully saturated rings. The molecule has 2 N–H and O–H groups in total. The molecule has 1 aromatic heterocycles. The monoisotopic (exact) mass is 465 g/mol. The largest absolute Gasteiger partial charge is 0.506 e. The summed E-state index contributed by atoms with van der Waals surface area (Å²) >= 11 is 5.98. The number of aromatic hydroxyl groups is 1. The molecule has 0 aliphatic carbocycles. The first-order valence-corrected chi connectivity index (χ1v) is 11.4. The molecule has 1 aliphatic heterocycles. The Labute approximate surface area is 199 Å². The maximum Gasteiger partial charge on any atom is 0.237 e. The van der Waals surface area contributed by atoms with Crippen molar-refractivity contribution >= 4 is 23.5 Å². The molecule has 2 aromatic carbocycles. The molecule has 0 saturated carbocycles. The average molecular weight is 466 g/mol. The maximum absolute atomic E-state index is 12.5. The second kappa shape index (κ2) is 10.2. The van der Waals surface area contributed by atoms with Gasteiger partial charge in [0.25, 0.3) is 0 Å². The van der Waals surface area contributed by atoms with Gasteiger partial charge in [-0.15, -0.1) is 0 Å². The quantitative estimate of drug-likeness (QED) is 0.552. The molecule has 1 saturated heterocycles. The van der Waals surface area contributed by atoms with Crippen LogP contribution < -0.4 is 5.32 Å². The van der Waals surface area contributed by atoms with Crippen LogP contribution in [0.2, 0.25) is 5.02 Å². The molecule has 7 nitrogen and oxygen atoms in total. The molecule has 33 heavy (non-hydrogen) atoms. The lowest BCUT2D eigenvalue weighted by Crippen LogP contribution is -2.53. The van der Waals surface area contributed by atoms with E-state index in [1.807, 2.05) is 42.3 Å². The van der Waals surface area contributed by atoms with Crippen LogP contribution in [0.25, 0.3) is 11.3 Å². The van der Waals surface area contributed by atoms with Gasteiger partial charge in [0.1, 0.15) is 5.75 Å². The van der Waals surface area contributed by atoms with Crippen LogP contribution in [0.3, 0.4) is 0 Å². The maximum atomic E-state index is 12.5. The van der Waals surface area contributed by atoms with Crippen LogP contribution in [0.1, 0.15) is 18.1 Å². The molecular weight excluding hydrogens is 438 g/mol. The van der Waals surface area contributed by atoms with Crippen LogP contribution in [-0.2, 0) is 17.8 Å². The number of benzene rings is 2. The van der Waals surface area contributed by atoms with Crippen molar-refractivity contribution in [1.29, 1.82) is 0 Å². The number of carbonyl (C=O) groups is 1. The number of nitrogens with zero attached hydrogens (tertiary/aromatic N) is 4. The number of aromatic nitrogens is 2. The molecule has 0 spiro atoms. The zero-order valence-electron chi connectivity index (χ0n) is 18.8. The molecule has 0 unspecified atom stereocenters. The van der Waals surface area contributed by atoms with Crippen molar-refractivity contribution in [3.8, 4) is 17.0 Å². The summed E-state index contributed by atoms with van der Waals surface area (Å²) in [5, 5.41) is 13.1. The molecule has 1 aliphatic rings. The molecule has 3 aromatic rings. The molecule has 2 heterocycles. The van der Waals surface area contributed by atoms with E-state index in [-0.39, 0.29) is 17.7 Å². The number of rotatable bonds is 7. The van der Waals surface area contributed by atoms with E-state index in [1.54, 1.807) is 18.3 Å². The molecule has 1 amide bonds. The molecule has 0 radical (unpaired) electrons. The Balaban J connectivity index is 1.41. The van der Waals surface area contributed by atoms with Crippen LogP contribution >= 0.6 is 11.6 Å². The zero-order valence-corrected chi connectivity index (χ0v) is 19.6. The third-order valence-electron chi connectivity index (χ3n) is 5.77. The number of phenols is 1. The van der Waals surface area contributed by atoms with Crippen molar-refractivity contribution < 1.29 is 9.90 Å². The fraction of sp³-hybridized carbons (Fsp3) is 0.320. The first-order chi connectivity index (χ1) is 15.9. The number of hydrogen-bond donors (Lipinski definition) is 2. The normalized spacial score (nSPS) is 16.8. The second-order valence-corrected chi connectivity index (χ2v) is 8.90. The van der Waals surface area contributed by atoms with Gasteiger partial charge in [-0.2, -0.15) is 0 Å². The first-order valence-electron chi connectivity index (χ1n) is 11.0. The molecular formula is C25H28ClN5O2. The molecule has 172 valence electrons. The van der Waals surface area contributed by atoms with Gasteiger partial charge in [0.2, 0.25) is 11.9 Å². The Hall–Kier alpha value is -3.16. The third kappa shape index (κ3) is 5.80. The van der Waals surface area contributed by atoms with E-state index in [2.05, 4.69) is 33.2 Å². The number of nitrogens with one attached hydrogen (secondary N) is 1. The van der Waals surface area contributed by atoms with E-state index >= 15 is 0 Å².